The first-order valence-corrected chi connectivity index (χ1v) is 8.29. The number of rotatable bonds is 5. The van der Waals surface area contributed by atoms with Crippen molar-refractivity contribution in [2.24, 2.45) is 23.7 Å². The molecule has 1 aromatic rings. The number of aliphatic carboxylic acids is 1. The van der Waals surface area contributed by atoms with E-state index in [1.54, 1.807) is 25.3 Å². The van der Waals surface area contributed by atoms with E-state index in [-0.39, 0.29) is 17.7 Å². The maximum atomic E-state index is 12.8. The molecule has 0 unspecified atom stereocenters. The Hall–Kier alpha value is -2.24. The van der Waals surface area contributed by atoms with E-state index in [9.17, 15) is 14.7 Å². The number of carboxylic acid groups (broad SMARTS) is 1. The lowest BCUT2D eigenvalue weighted by molar-refractivity contribution is -0.318. The highest BCUT2D eigenvalue weighted by Crippen LogP contribution is 2.49. The minimum absolute atomic E-state index is 0.0566. The number of methoxy groups -OCH3 is 2. The molecule has 1 N–H and O–H groups in total. The number of carbonyl (C=O) groups excluding carboxylic acids is 2. The highest BCUT2D eigenvalue weighted by atomic mass is 16.5. The van der Waals surface area contributed by atoms with Crippen molar-refractivity contribution in [3.63, 3.8) is 0 Å². The van der Waals surface area contributed by atoms with Gasteiger partial charge in [0.05, 0.1) is 14.2 Å². The summed E-state index contributed by atoms with van der Waals surface area (Å²) in [5.41, 5.74) is 0.566. The van der Waals surface area contributed by atoms with Crippen LogP contribution in [-0.4, -0.2) is 26.1 Å². The number of amides is 1. The second kappa shape index (κ2) is 6.71. The standard InChI is InChI=1S/C18H23NO5/c1-23-13-8-7-12(9-14(13)24-2)19-17(20)15-10-3-5-11(6-4-10)16(15)18(21)22/h7-11,15-16H,3-6H2,1-2H3,(H,19,20)(H,21,22)/p-1/t10?,11?,15-,16+/m1/s1. The number of benzene rings is 1. The Labute approximate surface area is 141 Å². The fourth-order valence-corrected chi connectivity index (χ4v) is 4.31. The molecule has 0 saturated heterocycles. The summed E-state index contributed by atoms with van der Waals surface area (Å²) < 4.78 is 10.4. The second-order valence-electron chi connectivity index (χ2n) is 6.60. The Morgan fingerprint density at radius 3 is 2.12 bits per heavy atom. The molecule has 6 nitrogen and oxygen atoms in total. The van der Waals surface area contributed by atoms with Gasteiger partial charge in [-0.3, -0.25) is 4.79 Å². The van der Waals surface area contributed by atoms with Gasteiger partial charge < -0.3 is 24.7 Å². The zero-order valence-corrected chi connectivity index (χ0v) is 13.9. The smallest absolute Gasteiger partial charge is 0.228 e. The SMILES string of the molecule is COc1ccc(NC(=O)[C@@H]2C3CCC(CC3)[C@@H]2C(=O)[O-])cc1OC. The highest BCUT2D eigenvalue weighted by Gasteiger charge is 2.47. The predicted molar refractivity (Wildman–Crippen MR) is 85.6 cm³/mol. The van der Waals surface area contributed by atoms with Crippen molar-refractivity contribution in [1.29, 1.82) is 0 Å². The van der Waals surface area contributed by atoms with Gasteiger partial charge in [0, 0.05) is 29.6 Å². The minimum atomic E-state index is -1.10. The molecule has 6 heteroatoms. The Balaban J connectivity index is 1.80. The normalized spacial score (nSPS) is 28.2. The van der Waals surface area contributed by atoms with E-state index < -0.39 is 17.8 Å². The molecule has 0 radical (unpaired) electrons. The van der Waals surface area contributed by atoms with Crippen LogP contribution < -0.4 is 19.9 Å². The lowest BCUT2D eigenvalue weighted by atomic mass is 9.58. The number of ether oxygens (including phenoxy) is 2. The molecular weight excluding hydrogens is 310 g/mol. The van der Waals surface area contributed by atoms with Crippen molar-refractivity contribution in [2.75, 3.05) is 19.5 Å². The van der Waals surface area contributed by atoms with Crippen molar-refractivity contribution >= 4 is 17.6 Å². The van der Waals surface area contributed by atoms with Gasteiger partial charge in [-0.2, -0.15) is 0 Å². The van der Waals surface area contributed by atoms with Crippen LogP contribution >= 0.6 is 0 Å². The third-order valence-corrected chi connectivity index (χ3v) is 5.45. The fraction of sp³-hybridized carbons (Fsp3) is 0.556. The zero-order chi connectivity index (χ0) is 17.3. The summed E-state index contributed by atoms with van der Waals surface area (Å²) in [5, 5.41) is 14.4. The van der Waals surface area contributed by atoms with Crippen LogP contribution in [0.4, 0.5) is 5.69 Å². The van der Waals surface area contributed by atoms with Crippen molar-refractivity contribution in [2.45, 2.75) is 25.7 Å². The number of carbonyl (C=O) groups is 2. The van der Waals surface area contributed by atoms with E-state index >= 15 is 0 Å². The first kappa shape index (κ1) is 16.6. The van der Waals surface area contributed by atoms with Gasteiger partial charge in [0.2, 0.25) is 5.91 Å². The van der Waals surface area contributed by atoms with Crippen molar-refractivity contribution in [3.05, 3.63) is 18.2 Å². The Kier molecular flexibility index (Phi) is 4.64. The van der Waals surface area contributed by atoms with Gasteiger partial charge in [0.1, 0.15) is 0 Å². The summed E-state index contributed by atoms with van der Waals surface area (Å²) in [6, 6.07) is 5.10. The first-order valence-electron chi connectivity index (χ1n) is 8.29. The third-order valence-electron chi connectivity index (χ3n) is 5.45. The highest BCUT2D eigenvalue weighted by molar-refractivity contribution is 5.95. The number of hydrogen-bond donors (Lipinski definition) is 1. The molecular formula is C18H22NO5-. The van der Waals surface area contributed by atoms with Gasteiger partial charge in [-0.05, 0) is 49.7 Å². The van der Waals surface area contributed by atoms with Crippen LogP contribution in [0, 0.1) is 23.7 Å². The van der Waals surface area contributed by atoms with Gasteiger partial charge >= 0.3 is 0 Å². The van der Waals surface area contributed by atoms with Crippen LogP contribution in [-0.2, 0) is 9.59 Å². The van der Waals surface area contributed by atoms with E-state index in [4.69, 9.17) is 9.47 Å². The molecule has 3 aliphatic rings. The quantitative estimate of drug-likeness (QED) is 0.881. The van der Waals surface area contributed by atoms with Crippen LogP contribution in [0.15, 0.2) is 18.2 Å². The summed E-state index contributed by atoms with van der Waals surface area (Å²) in [5.74, 6) is -1.29. The van der Waals surface area contributed by atoms with E-state index in [2.05, 4.69) is 5.32 Å². The van der Waals surface area contributed by atoms with Gasteiger partial charge in [-0.15, -0.1) is 0 Å². The maximum absolute atomic E-state index is 12.8. The summed E-state index contributed by atoms with van der Waals surface area (Å²) in [6.07, 6.45) is 3.59. The molecule has 4 rings (SSSR count). The lowest BCUT2D eigenvalue weighted by Gasteiger charge is -2.48. The largest absolute Gasteiger partial charge is 0.550 e. The predicted octanol–water partition coefficient (Wildman–Crippen LogP) is 1.44. The van der Waals surface area contributed by atoms with Crippen LogP contribution in [0.2, 0.25) is 0 Å². The van der Waals surface area contributed by atoms with Crippen LogP contribution in [0.1, 0.15) is 25.7 Å². The summed E-state index contributed by atoms with van der Waals surface area (Å²) >= 11 is 0. The molecule has 2 bridgehead atoms. The van der Waals surface area contributed by atoms with E-state index in [1.165, 1.54) is 7.11 Å². The molecule has 3 aliphatic carbocycles. The number of fused-ring (bicyclic) bond motifs is 3. The van der Waals surface area contributed by atoms with Crippen LogP contribution in [0.25, 0.3) is 0 Å². The molecule has 2 atom stereocenters. The maximum Gasteiger partial charge on any atom is 0.228 e. The Bertz CT molecular complexity index is 636. The molecule has 1 amide bonds. The topological polar surface area (TPSA) is 87.7 Å². The molecule has 0 spiro atoms. The number of hydrogen-bond acceptors (Lipinski definition) is 5. The van der Waals surface area contributed by atoms with Crippen LogP contribution in [0.3, 0.4) is 0 Å². The minimum Gasteiger partial charge on any atom is -0.550 e. The molecule has 0 aromatic heterocycles. The summed E-state index contributed by atoms with van der Waals surface area (Å²) in [4.78, 5) is 24.3. The second-order valence-corrected chi connectivity index (χ2v) is 6.60. The van der Waals surface area contributed by atoms with Crippen molar-refractivity contribution in [1.82, 2.24) is 0 Å². The molecule has 130 valence electrons. The number of nitrogens with one attached hydrogen (secondary N) is 1. The average molecular weight is 332 g/mol. The first-order chi connectivity index (χ1) is 11.5. The van der Waals surface area contributed by atoms with Crippen LogP contribution in [0.5, 0.6) is 11.5 Å². The lowest BCUT2D eigenvalue weighted by Crippen LogP contribution is -2.52. The molecule has 3 fully saturated rings. The zero-order valence-electron chi connectivity index (χ0n) is 13.9. The van der Waals surface area contributed by atoms with Gasteiger partial charge in [-0.25, -0.2) is 0 Å². The molecule has 0 heterocycles. The van der Waals surface area contributed by atoms with E-state index in [0.717, 1.165) is 25.7 Å². The number of carboxylic acids is 1. The third kappa shape index (κ3) is 2.92. The summed E-state index contributed by atoms with van der Waals surface area (Å²) in [6.45, 7) is 0. The number of anilines is 1. The Morgan fingerprint density at radius 1 is 1.00 bits per heavy atom. The fourth-order valence-electron chi connectivity index (χ4n) is 4.31. The van der Waals surface area contributed by atoms with Crippen molar-refractivity contribution < 1.29 is 24.2 Å². The molecule has 0 aliphatic heterocycles. The van der Waals surface area contributed by atoms with Gasteiger partial charge in [0.25, 0.3) is 0 Å². The average Bonchev–Trinajstić information content (AvgIpc) is 2.61. The Morgan fingerprint density at radius 2 is 1.58 bits per heavy atom. The van der Waals surface area contributed by atoms with Gasteiger partial charge in [0.15, 0.2) is 11.5 Å². The monoisotopic (exact) mass is 332 g/mol. The van der Waals surface area contributed by atoms with Crippen molar-refractivity contribution in [3.8, 4) is 11.5 Å². The molecule has 24 heavy (non-hydrogen) atoms. The summed E-state index contributed by atoms with van der Waals surface area (Å²) in [7, 11) is 3.06. The molecule has 3 saturated carbocycles. The van der Waals surface area contributed by atoms with Gasteiger partial charge in [-0.1, -0.05) is 0 Å². The van der Waals surface area contributed by atoms with E-state index in [0.29, 0.717) is 17.2 Å². The van der Waals surface area contributed by atoms with E-state index in [1.807, 2.05) is 0 Å². The molecule has 1 aromatic carbocycles.